The second-order valence-corrected chi connectivity index (χ2v) is 11.3. The molecule has 3 heterocycles. The zero-order valence-electron chi connectivity index (χ0n) is 19.1. The van der Waals surface area contributed by atoms with Crippen LogP contribution in [-0.4, -0.2) is 67.3 Å². The van der Waals surface area contributed by atoms with E-state index in [1.165, 1.54) is 17.4 Å². The maximum absolute atomic E-state index is 12.2. The van der Waals surface area contributed by atoms with Gasteiger partial charge in [-0.25, -0.2) is 12.7 Å². The first-order valence-electron chi connectivity index (χ1n) is 11.4. The van der Waals surface area contributed by atoms with Crippen LogP contribution in [0.1, 0.15) is 35.7 Å². The predicted molar refractivity (Wildman–Crippen MR) is 129 cm³/mol. The van der Waals surface area contributed by atoms with Crippen molar-refractivity contribution in [1.82, 2.24) is 14.2 Å². The van der Waals surface area contributed by atoms with Crippen molar-refractivity contribution in [3.8, 4) is 5.75 Å². The molecule has 1 saturated heterocycles. The number of aliphatic hydroxyl groups excluding tert-OH is 1. The van der Waals surface area contributed by atoms with E-state index in [1.54, 1.807) is 11.4 Å². The lowest BCUT2D eigenvalue weighted by atomic mass is 9.68. The van der Waals surface area contributed by atoms with E-state index in [1.807, 2.05) is 30.3 Å². The summed E-state index contributed by atoms with van der Waals surface area (Å²) in [5, 5.41) is 11.6. The topological polar surface area (TPSA) is 85.9 Å². The van der Waals surface area contributed by atoms with Crippen molar-refractivity contribution in [2.24, 2.45) is 0 Å². The summed E-state index contributed by atoms with van der Waals surface area (Å²) in [7, 11) is -1.56. The maximum atomic E-state index is 12.2. The molecule has 0 amide bonds. The summed E-state index contributed by atoms with van der Waals surface area (Å²) in [4.78, 5) is 5.95. The first-order valence-corrected chi connectivity index (χ1v) is 13.2. The third-order valence-electron chi connectivity index (χ3n) is 7.39. The Labute approximate surface area is 195 Å². The molecule has 0 saturated carbocycles. The first kappa shape index (κ1) is 22.4. The molecule has 2 aliphatic rings. The molecule has 1 spiro atoms. The number of H-pyrrole nitrogens is 1. The van der Waals surface area contributed by atoms with Crippen LogP contribution < -0.4 is 4.74 Å². The Bertz CT molecular complexity index is 1250. The number of benzene rings is 2. The number of ether oxygens (including phenoxy) is 1. The lowest BCUT2D eigenvalue weighted by molar-refractivity contribution is 0.0536. The van der Waals surface area contributed by atoms with Gasteiger partial charge in [-0.15, -0.1) is 0 Å². The molecule has 5 rings (SSSR count). The normalized spacial score (nSPS) is 21.4. The SMILES string of the molecule is COc1ccc2c3c([nH]c2c1)[C@H](CO)N(Cc1ccccc1)CC31CCN(S(C)(=O)=O)CC1. The third kappa shape index (κ3) is 3.95. The van der Waals surface area contributed by atoms with Crippen LogP contribution in [0.5, 0.6) is 5.75 Å². The second-order valence-electron chi connectivity index (χ2n) is 9.36. The largest absolute Gasteiger partial charge is 0.497 e. The standard InChI is InChI=1S/C25H31N3O4S/c1-32-19-8-9-20-21(14-19)26-24-22(16-29)27(15-18-6-4-3-5-7-18)17-25(23(20)24)10-12-28(13-11-25)33(2,30)31/h3-9,14,22,26,29H,10-13,15-17H2,1-2H3/t22-/m0/s1. The molecular weight excluding hydrogens is 438 g/mol. The highest BCUT2D eigenvalue weighted by atomic mass is 32.2. The van der Waals surface area contributed by atoms with Gasteiger partial charge in [0.15, 0.2) is 0 Å². The molecule has 7 nitrogen and oxygen atoms in total. The average molecular weight is 470 g/mol. The Morgan fingerprint density at radius 2 is 1.88 bits per heavy atom. The smallest absolute Gasteiger partial charge is 0.211 e. The van der Waals surface area contributed by atoms with E-state index in [0.29, 0.717) is 13.1 Å². The Morgan fingerprint density at radius 1 is 1.15 bits per heavy atom. The number of aliphatic hydroxyl groups is 1. The van der Waals surface area contributed by atoms with Crippen molar-refractivity contribution in [2.45, 2.75) is 30.8 Å². The van der Waals surface area contributed by atoms with Gasteiger partial charge in [0.25, 0.3) is 0 Å². The number of nitrogens with one attached hydrogen (secondary N) is 1. The Balaban J connectivity index is 1.62. The minimum absolute atomic E-state index is 0.00926. The molecule has 0 unspecified atom stereocenters. The summed E-state index contributed by atoms with van der Waals surface area (Å²) in [6, 6.07) is 16.2. The Hall–Kier alpha value is -2.39. The van der Waals surface area contributed by atoms with Gasteiger partial charge < -0.3 is 14.8 Å². The number of rotatable bonds is 5. The van der Waals surface area contributed by atoms with Crippen LogP contribution in [0.4, 0.5) is 0 Å². The van der Waals surface area contributed by atoms with Crippen LogP contribution >= 0.6 is 0 Å². The number of hydrogen-bond donors (Lipinski definition) is 2. The summed E-state index contributed by atoms with van der Waals surface area (Å²) in [6.07, 6.45) is 2.78. The van der Waals surface area contributed by atoms with Gasteiger partial charge in [0.05, 0.1) is 26.0 Å². The van der Waals surface area contributed by atoms with E-state index >= 15 is 0 Å². The van der Waals surface area contributed by atoms with E-state index < -0.39 is 10.0 Å². The fourth-order valence-electron chi connectivity index (χ4n) is 5.75. The number of fused-ring (bicyclic) bond motifs is 4. The van der Waals surface area contributed by atoms with Gasteiger partial charge in [0.2, 0.25) is 10.0 Å². The van der Waals surface area contributed by atoms with Gasteiger partial charge >= 0.3 is 0 Å². The summed E-state index contributed by atoms with van der Waals surface area (Å²) < 4.78 is 31.4. The van der Waals surface area contributed by atoms with E-state index in [2.05, 4.69) is 28.1 Å². The molecule has 1 atom stereocenters. The summed E-state index contributed by atoms with van der Waals surface area (Å²) in [6.45, 7) is 2.52. The molecule has 3 aromatic rings. The highest BCUT2D eigenvalue weighted by Crippen LogP contribution is 2.49. The number of piperidine rings is 1. The molecule has 1 aromatic heterocycles. The van der Waals surface area contributed by atoms with E-state index in [4.69, 9.17) is 4.74 Å². The Morgan fingerprint density at radius 3 is 2.52 bits per heavy atom. The maximum Gasteiger partial charge on any atom is 0.211 e. The minimum atomic E-state index is -3.22. The summed E-state index contributed by atoms with van der Waals surface area (Å²) in [5.74, 6) is 0.781. The van der Waals surface area contributed by atoms with E-state index in [0.717, 1.165) is 48.3 Å². The highest BCUT2D eigenvalue weighted by molar-refractivity contribution is 7.88. The fraction of sp³-hybridized carbons (Fsp3) is 0.440. The summed E-state index contributed by atoms with van der Waals surface area (Å²) in [5.41, 5.74) is 4.27. The summed E-state index contributed by atoms with van der Waals surface area (Å²) >= 11 is 0. The first-order chi connectivity index (χ1) is 15.8. The van der Waals surface area contributed by atoms with Crippen molar-refractivity contribution >= 4 is 20.9 Å². The van der Waals surface area contributed by atoms with Crippen LogP contribution in [0.3, 0.4) is 0 Å². The Kier molecular flexibility index (Phi) is 5.73. The number of hydrogen-bond acceptors (Lipinski definition) is 5. The molecule has 0 radical (unpaired) electrons. The fourth-order valence-corrected chi connectivity index (χ4v) is 6.60. The zero-order chi connectivity index (χ0) is 23.2. The van der Waals surface area contributed by atoms with Crippen molar-refractivity contribution in [3.05, 3.63) is 65.4 Å². The van der Waals surface area contributed by atoms with Gasteiger partial charge in [-0.05, 0) is 36.1 Å². The molecule has 2 aliphatic heterocycles. The van der Waals surface area contributed by atoms with Crippen LogP contribution in [0.15, 0.2) is 48.5 Å². The zero-order valence-corrected chi connectivity index (χ0v) is 19.9. The van der Waals surface area contributed by atoms with Crippen molar-refractivity contribution in [1.29, 1.82) is 0 Å². The number of aromatic amines is 1. The van der Waals surface area contributed by atoms with Crippen molar-refractivity contribution in [3.63, 3.8) is 0 Å². The van der Waals surface area contributed by atoms with Gasteiger partial charge in [-0.2, -0.15) is 0 Å². The molecule has 0 aliphatic carbocycles. The van der Waals surface area contributed by atoms with Gasteiger partial charge in [-0.1, -0.05) is 30.3 Å². The van der Waals surface area contributed by atoms with Crippen molar-refractivity contribution in [2.75, 3.05) is 39.6 Å². The van der Waals surface area contributed by atoms with Crippen LogP contribution in [0, 0.1) is 0 Å². The highest BCUT2D eigenvalue weighted by Gasteiger charge is 2.48. The molecule has 2 N–H and O–H groups in total. The van der Waals surface area contributed by atoms with Crippen LogP contribution in [0.2, 0.25) is 0 Å². The quantitative estimate of drug-likeness (QED) is 0.600. The van der Waals surface area contributed by atoms with Gasteiger partial charge in [0, 0.05) is 54.3 Å². The van der Waals surface area contributed by atoms with Gasteiger partial charge in [-0.3, -0.25) is 4.90 Å². The molecule has 1 fully saturated rings. The molecule has 8 heteroatoms. The molecule has 0 bridgehead atoms. The predicted octanol–water partition coefficient (Wildman–Crippen LogP) is 3.02. The third-order valence-corrected chi connectivity index (χ3v) is 8.70. The van der Waals surface area contributed by atoms with E-state index in [-0.39, 0.29) is 18.1 Å². The average Bonchev–Trinajstić information content (AvgIpc) is 3.19. The van der Waals surface area contributed by atoms with Gasteiger partial charge in [0.1, 0.15) is 5.75 Å². The number of nitrogens with zero attached hydrogens (tertiary/aromatic N) is 2. The molecule has 176 valence electrons. The molecule has 2 aromatic carbocycles. The molecule has 33 heavy (non-hydrogen) atoms. The number of methoxy groups -OCH3 is 1. The monoisotopic (exact) mass is 469 g/mol. The van der Waals surface area contributed by atoms with E-state index in [9.17, 15) is 13.5 Å². The van der Waals surface area contributed by atoms with Crippen LogP contribution in [-0.2, 0) is 22.0 Å². The lowest BCUT2D eigenvalue weighted by Crippen LogP contribution is -2.54. The number of sulfonamides is 1. The minimum Gasteiger partial charge on any atom is -0.497 e. The number of aromatic nitrogens is 1. The lowest BCUT2D eigenvalue weighted by Gasteiger charge is -2.50. The van der Waals surface area contributed by atoms with Crippen LogP contribution in [0.25, 0.3) is 10.9 Å². The second kappa shape index (κ2) is 8.43. The molecular formula is C25H31N3O4S. The van der Waals surface area contributed by atoms with Crippen molar-refractivity contribution < 1.29 is 18.3 Å².